The van der Waals surface area contributed by atoms with Crippen molar-refractivity contribution in [1.29, 1.82) is 0 Å². The van der Waals surface area contributed by atoms with E-state index in [0.717, 1.165) is 0 Å². The van der Waals surface area contributed by atoms with E-state index in [1.807, 2.05) is 13.8 Å². The highest BCUT2D eigenvalue weighted by molar-refractivity contribution is 7.87. The number of alkyl halides is 3. The third-order valence-corrected chi connectivity index (χ3v) is 3.56. The van der Waals surface area contributed by atoms with Gasteiger partial charge in [0.2, 0.25) is 0 Å². The Balaban J connectivity index is 2.66. The van der Waals surface area contributed by atoms with Gasteiger partial charge in [-0.1, -0.05) is 13.8 Å². The fourth-order valence-electron chi connectivity index (χ4n) is 1.69. The summed E-state index contributed by atoms with van der Waals surface area (Å²) in [4.78, 5) is 0. The summed E-state index contributed by atoms with van der Waals surface area (Å²) in [5.74, 6) is 0. The highest BCUT2D eigenvalue weighted by Crippen LogP contribution is 2.40. The van der Waals surface area contributed by atoms with Gasteiger partial charge in [-0.25, -0.2) is 0 Å². The van der Waals surface area contributed by atoms with E-state index < -0.39 is 21.7 Å². The molecular weight excluding hydrogens is 233 g/mol. The fraction of sp³-hybridized carbons (Fsp3) is 1.00. The molecule has 7 heteroatoms. The van der Waals surface area contributed by atoms with Crippen molar-refractivity contribution < 1.29 is 25.8 Å². The minimum Gasteiger partial charge on any atom is -0.260 e. The summed E-state index contributed by atoms with van der Waals surface area (Å²) in [6, 6.07) is 0. The van der Waals surface area contributed by atoms with Crippen molar-refractivity contribution in [2.45, 2.75) is 44.7 Å². The Bertz CT molecular complexity index is 332. The molecule has 0 bridgehead atoms. The van der Waals surface area contributed by atoms with E-state index in [-0.39, 0.29) is 5.41 Å². The van der Waals surface area contributed by atoms with Gasteiger partial charge in [-0.15, -0.1) is 0 Å². The smallest absolute Gasteiger partial charge is 0.260 e. The van der Waals surface area contributed by atoms with Gasteiger partial charge in [-0.2, -0.15) is 21.6 Å². The van der Waals surface area contributed by atoms with Gasteiger partial charge in [-0.3, -0.25) is 4.18 Å². The van der Waals surface area contributed by atoms with Crippen molar-refractivity contribution in [1.82, 2.24) is 0 Å². The highest BCUT2D eigenvalue weighted by atomic mass is 32.2. The van der Waals surface area contributed by atoms with Crippen LogP contribution in [0.4, 0.5) is 13.2 Å². The van der Waals surface area contributed by atoms with Crippen molar-refractivity contribution in [3.8, 4) is 0 Å². The first kappa shape index (κ1) is 12.8. The Hall–Kier alpha value is -0.300. The molecule has 1 aliphatic carbocycles. The Morgan fingerprint density at radius 3 is 2.20 bits per heavy atom. The van der Waals surface area contributed by atoms with Crippen molar-refractivity contribution >= 4 is 10.1 Å². The molecule has 90 valence electrons. The molecule has 1 fully saturated rings. The second-order valence-electron chi connectivity index (χ2n) is 4.53. The first-order chi connectivity index (χ1) is 6.54. The largest absolute Gasteiger partial charge is 0.523 e. The maximum Gasteiger partial charge on any atom is 0.523 e. The number of halogens is 3. The van der Waals surface area contributed by atoms with Gasteiger partial charge < -0.3 is 0 Å². The van der Waals surface area contributed by atoms with Gasteiger partial charge >= 0.3 is 15.6 Å². The lowest BCUT2D eigenvalue weighted by Crippen LogP contribution is -2.29. The Morgan fingerprint density at radius 2 is 1.87 bits per heavy atom. The van der Waals surface area contributed by atoms with Gasteiger partial charge in [0, 0.05) is 0 Å². The maximum atomic E-state index is 12.0. The van der Waals surface area contributed by atoms with Gasteiger partial charge in [0.05, 0.1) is 6.10 Å². The zero-order valence-corrected chi connectivity index (χ0v) is 9.28. The third-order valence-electron chi connectivity index (χ3n) is 2.47. The quantitative estimate of drug-likeness (QED) is 0.555. The number of rotatable bonds is 2. The van der Waals surface area contributed by atoms with Crippen LogP contribution >= 0.6 is 0 Å². The summed E-state index contributed by atoms with van der Waals surface area (Å²) in [6.45, 7) is 3.74. The minimum absolute atomic E-state index is 0.147. The molecule has 1 atom stereocenters. The maximum absolute atomic E-state index is 12.0. The van der Waals surface area contributed by atoms with Crippen LogP contribution in [0, 0.1) is 5.41 Å². The molecule has 0 saturated heterocycles. The molecule has 0 aromatic rings. The molecule has 0 aromatic heterocycles. The summed E-state index contributed by atoms with van der Waals surface area (Å²) < 4.78 is 61.4. The number of hydrogen-bond donors (Lipinski definition) is 0. The van der Waals surface area contributed by atoms with Crippen molar-refractivity contribution in [3.05, 3.63) is 0 Å². The molecule has 1 unspecified atom stereocenters. The van der Waals surface area contributed by atoms with E-state index in [9.17, 15) is 21.6 Å². The lowest BCUT2D eigenvalue weighted by atomic mass is 9.92. The molecule has 1 aliphatic rings. The summed E-state index contributed by atoms with van der Waals surface area (Å²) >= 11 is 0. The second kappa shape index (κ2) is 3.62. The van der Waals surface area contributed by atoms with Crippen LogP contribution in [0.15, 0.2) is 0 Å². The molecule has 0 heterocycles. The first-order valence-electron chi connectivity index (χ1n) is 4.53. The molecule has 0 amide bonds. The van der Waals surface area contributed by atoms with Crippen LogP contribution < -0.4 is 0 Å². The molecule has 0 aromatic carbocycles. The van der Waals surface area contributed by atoms with E-state index in [1.165, 1.54) is 0 Å². The first-order valence-corrected chi connectivity index (χ1v) is 5.94. The molecule has 3 nitrogen and oxygen atoms in total. The average Bonchev–Trinajstić information content (AvgIpc) is 2.26. The lowest BCUT2D eigenvalue weighted by Gasteiger charge is -2.17. The SMILES string of the molecule is CC1(C)CCC(OS(=O)(=O)C(F)(F)F)C1. The summed E-state index contributed by atoms with van der Waals surface area (Å²) in [5.41, 5.74) is -5.47. The predicted octanol–water partition coefficient (Wildman–Crippen LogP) is 2.43. The van der Waals surface area contributed by atoms with Gasteiger partial charge in [0.25, 0.3) is 0 Å². The van der Waals surface area contributed by atoms with Crippen LogP contribution in [0.5, 0.6) is 0 Å². The third kappa shape index (κ3) is 3.07. The lowest BCUT2D eigenvalue weighted by molar-refractivity contribution is -0.0574. The van der Waals surface area contributed by atoms with Crippen LogP contribution in [0.25, 0.3) is 0 Å². The summed E-state index contributed by atoms with van der Waals surface area (Å²) in [7, 11) is -5.43. The summed E-state index contributed by atoms with van der Waals surface area (Å²) in [5, 5.41) is 0. The highest BCUT2D eigenvalue weighted by Gasteiger charge is 2.49. The second-order valence-corrected chi connectivity index (χ2v) is 6.09. The van der Waals surface area contributed by atoms with Crippen molar-refractivity contribution in [2.75, 3.05) is 0 Å². The molecule has 15 heavy (non-hydrogen) atoms. The molecule has 0 aliphatic heterocycles. The summed E-state index contributed by atoms with van der Waals surface area (Å²) in [6.07, 6.45) is 0.516. The average molecular weight is 246 g/mol. The van der Waals surface area contributed by atoms with Crippen molar-refractivity contribution in [3.63, 3.8) is 0 Å². The van der Waals surface area contributed by atoms with Gasteiger partial charge in [0.1, 0.15) is 0 Å². The molecular formula is C8H13F3O3S. The van der Waals surface area contributed by atoms with E-state index in [1.54, 1.807) is 0 Å². The van der Waals surface area contributed by atoms with Crippen LogP contribution in [0.1, 0.15) is 33.1 Å². The van der Waals surface area contributed by atoms with Crippen LogP contribution in [0.2, 0.25) is 0 Å². The molecule has 0 spiro atoms. The van der Waals surface area contributed by atoms with Crippen molar-refractivity contribution in [2.24, 2.45) is 5.41 Å². The molecule has 1 saturated carbocycles. The van der Waals surface area contributed by atoms with Crippen LogP contribution in [-0.2, 0) is 14.3 Å². The monoisotopic (exact) mass is 246 g/mol. The zero-order valence-electron chi connectivity index (χ0n) is 8.47. The Kier molecular flexibility index (Phi) is 3.08. The normalized spacial score (nSPS) is 26.9. The zero-order chi connectivity index (χ0) is 11.9. The predicted molar refractivity (Wildman–Crippen MR) is 47.5 cm³/mol. The Labute approximate surface area is 86.7 Å². The number of hydrogen-bond acceptors (Lipinski definition) is 3. The fourth-order valence-corrected chi connectivity index (χ4v) is 2.32. The minimum atomic E-state index is -5.43. The van der Waals surface area contributed by atoms with Gasteiger partial charge in [-0.05, 0) is 24.7 Å². The van der Waals surface area contributed by atoms with Gasteiger partial charge in [0.15, 0.2) is 0 Å². The topological polar surface area (TPSA) is 43.4 Å². The molecule has 1 rings (SSSR count). The van der Waals surface area contributed by atoms with E-state index in [0.29, 0.717) is 19.3 Å². The van der Waals surface area contributed by atoms with E-state index in [4.69, 9.17) is 0 Å². The molecule has 0 N–H and O–H groups in total. The van der Waals surface area contributed by atoms with E-state index in [2.05, 4.69) is 4.18 Å². The molecule has 0 radical (unpaired) electrons. The van der Waals surface area contributed by atoms with E-state index >= 15 is 0 Å². The standard InChI is InChI=1S/C8H13F3O3S/c1-7(2)4-3-6(5-7)14-15(12,13)8(9,10)11/h6H,3-5H2,1-2H3. The van der Waals surface area contributed by atoms with Crippen LogP contribution in [-0.4, -0.2) is 20.0 Å². The van der Waals surface area contributed by atoms with Crippen LogP contribution in [0.3, 0.4) is 0 Å². The Morgan fingerprint density at radius 1 is 1.33 bits per heavy atom.